The van der Waals surface area contributed by atoms with E-state index in [2.05, 4.69) is 15.9 Å². The van der Waals surface area contributed by atoms with Gasteiger partial charge in [-0.3, -0.25) is 4.79 Å². The van der Waals surface area contributed by atoms with Crippen molar-refractivity contribution in [1.29, 1.82) is 0 Å². The fourth-order valence-electron chi connectivity index (χ4n) is 1.32. The third kappa shape index (κ3) is 2.56. The third-order valence-electron chi connectivity index (χ3n) is 2.14. The van der Waals surface area contributed by atoms with Crippen molar-refractivity contribution in [3.63, 3.8) is 0 Å². The molecule has 1 rings (SSSR count). The monoisotopic (exact) mass is 256 g/mol. The topological polar surface area (TPSA) is 17.1 Å². The lowest BCUT2D eigenvalue weighted by atomic mass is 9.90. The molecule has 5 heteroatoms. The zero-order valence-corrected chi connectivity index (χ0v) is 8.28. The molecule has 0 N–H and O–H groups in total. The van der Waals surface area contributed by atoms with E-state index in [4.69, 9.17) is 0 Å². The molecular weight excluding hydrogens is 249 g/mol. The maximum atomic E-state index is 12.2. The van der Waals surface area contributed by atoms with Crippen LogP contribution in [0, 0.1) is 5.92 Å². The van der Waals surface area contributed by atoms with Crippen molar-refractivity contribution in [3.8, 4) is 0 Å². The summed E-state index contributed by atoms with van der Waals surface area (Å²) in [7, 11) is 0. The molecule has 1 unspecified atom stereocenters. The summed E-state index contributed by atoms with van der Waals surface area (Å²) in [6, 6.07) is 0. The summed E-state index contributed by atoms with van der Waals surface area (Å²) < 4.78 is 37.0. The minimum Gasteiger partial charge on any atom is -0.298 e. The molecule has 0 bridgehead atoms. The highest BCUT2D eigenvalue weighted by molar-refractivity contribution is 9.11. The Labute approximate surface area is 82.1 Å². The minimum atomic E-state index is -4.15. The Hall–Kier alpha value is -0.320. The van der Waals surface area contributed by atoms with Crippen molar-refractivity contribution >= 4 is 22.2 Å². The summed E-state index contributed by atoms with van der Waals surface area (Å²) in [5.74, 6) is -1.30. The number of alkyl halides is 3. The minimum absolute atomic E-state index is 0.0205. The van der Waals surface area contributed by atoms with Gasteiger partial charge in [-0.15, -0.1) is 0 Å². The van der Waals surface area contributed by atoms with Crippen LogP contribution in [0.2, 0.25) is 0 Å². The Bertz CT molecular complexity index is 244. The van der Waals surface area contributed by atoms with Crippen molar-refractivity contribution in [2.75, 3.05) is 0 Å². The standard InChI is InChI=1S/C8H8BrF3O/c9-7-3-6(8(10,11)12)2-1-5(7)4-13/h4,6H,1-3H2. The van der Waals surface area contributed by atoms with Gasteiger partial charge in [-0.25, -0.2) is 0 Å². The Morgan fingerprint density at radius 1 is 1.46 bits per heavy atom. The van der Waals surface area contributed by atoms with E-state index in [1.807, 2.05) is 0 Å². The van der Waals surface area contributed by atoms with E-state index in [1.54, 1.807) is 0 Å². The summed E-state index contributed by atoms with van der Waals surface area (Å²) in [6.45, 7) is 0. The maximum Gasteiger partial charge on any atom is 0.392 e. The summed E-state index contributed by atoms with van der Waals surface area (Å²) >= 11 is 3.00. The van der Waals surface area contributed by atoms with Crippen LogP contribution in [0.5, 0.6) is 0 Å². The number of carbonyl (C=O) groups excluding carboxylic acids is 1. The van der Waals surface area contributed by atoms with Gasteiger partial charge in [-0.2, -0.15) is 13.2 Å². The number of hydrogen-bond donors (Lipinski definition) is 0. The molecule has 0 spiro atoms. The van der Waals surface area contributed by atoms with Gasteiger partial charge in [-0.1, -0.05) is 15.9 Å². The molecule has 0 heterocycles. The second kappa shape index (κ2) is 3.82. The normalized spacial score (nSPS) is 24.8. The van der Waals surface area contributed by atoms with Crippen molar-refractivity contribution in [2.45, 2.75) is 25.4 Å². The summed E-state index contributed by atoms with van der Waals surface area (Å²) in [5, 5.41) is 0. The first kappa shape index (κ1) is 10.8. The number of hydrogen-bond acceptors (Lipinski definition) is 1. The molecule has 1 aliphatic rings. The molecule has 74 valence electrons. The molecule has 13 heavy (non-hydrogen) atoms. The van der Waals surface area contributed by atoms with E-state index in [-0.39, 0.29) is 19.3 Å². The van der Waals surface area contributed by atoms with E-state index in [0.717, 1.165) is 0 Å². The van der Waals surface area contributed by atoms with Crippen LogP contribution >= 0.6 is 15.9 Å². The summed E-state index contributed by atoms with van der Waals surface area (Å²) in [6.07, 6.45) is -3.39. The Morgan fingerprint density at radius 2 is 2.08 bits per heavy atom. The average Bonchev–Trinajstić information content (AvgIpc) is 2.02. The molecule has 0 saturated carbocycles. The lowest BCUT2D eigenvalue weighted by molar-refractivity contribution is -0.176. The fraction of sp³-hybridized carbons (Fsp3) is 0.625. The molecule has 0 fully saturated rings. The predicted molar refractivity (Wildman–Crippen MR) is 45.4 cm³/mol. The first-order valence-electron chi connectivity index (χ1n) is 3.84. The van der Waals surface area contributed by atoms with E-state index in [0.29, 0.717) is 16.3 Å². The van der Waals surface area contributed by atoms with Gasteiger partial charge in [0, 0.05) is 10.1 Å². The molecule has 1 aliphatic carbocycles. The largest absolute Gasteiger partial charge is 0.392 e. The SMILES string of the molecule is O=CC1=C(Br)CC(C(F)(F)F)CC1. The van der Waals surface area contributed by atoms with E-state index < -0.39 is 12.1 Å². The maximum absolute atomic E-state index is 12.2. The van der Waals surface area contributed by atoms with Crippen LogP contribution in [-0.2, 0) is 4.79 Å². The van der Waals surface area contributed by atoms with Crippen LogP contribution in [0.25, 0.3) is 0 Å². The fourth-order valence-corrected chi connectivity index (χ4v) is 2.00. The first-order chi connectivity index (χ1) is 5.95. The number of allylic oxidation sites excluding steroid dienone is 2. The summed E-state index contributed by atoms with van der Waals surface area (Å²) in [5.41, 5.74) is 0.459. The van der Waals surface area contributed by atoms with E-state index >= 15 is 0 Å². The second-order valence-corrected chi connectivity index (χ2v) is 3.99. The molecule has 0 aromatic rings. The smallest absolute Gasteiger partial charge is 0.298 e. The lowest BCUT2D eigenvalue weighted by Crippen LogP contribution is -2.25. The number of carbonyl (C=O) groups is 1. The van der Waals surface area contributed by atoms with Crippen molar-refractivity contribution in [2.24, 2.45) is 5.92 Å². The third-order valence-corrected chi connectivity index (χ3v) is 2.97. The van der Waals surface area contributed by atoms with Gasteiger partial charge in [-0.05, 0) is 19.3 Å². The van der Waals surface area contributed by atoms with Crippen molar-refractivity contribution in [3.05, 3.63) is 10.1 Å². The first-order valence-corrected chi connectivity index (χ1v) is 4.64. The van der Waals surface area contributed by atoms with Crippen LogP contribution in [-0.4, -0.2) is 12.5 Å². The lowest BCUT2D eigenvalue weighted by Gasteiger charge is -2.24. The zero-order chi connectivity index (χ0) is 10.1. The van der Waals surface area contributed by atoms with Gasteiger partial charge in [0.05, 0.1) is 5.92 Å². The Balaban J connectivity index is 2.73. The number of halogens is 4. The number of aldehydes is 1. The van der Waals surface area contributed by atoms with Gasteiger partial charge in [0.1, 0.15) is 6.29 Å². The molecule has 0 radical (unpaired) electrons. The predicted octanol–water partition coefficient (Wildman–Crippen LogP) is 3.20. The molecule has 0 aliphatic heterocycles. The van der Waals surface area contributed by atoms with Crippen molar-refractivity contribution < 1.29 is 18.0 Å². The van der Waals surface area contributed by atoms with Gasteiger partial charge in [0.2, 0.25) is 0 Å². The van der Waals surface area contributed by atoms with Gasteiger partial charge in [0.15, 0.2) is 0 Å². The quantitative estimate of drug-likeness (QED) is 0.659. The molecular formula is C8H8BrF3O. The zero-order valence-electron chi connectivity index (χ0n) is 6.70. The van der Waals surface area contributed by atoms with Crippen LogP contribution in [0.4, 0.5) is 13.2 Å². The highest BCUT2D eigenvalue weighted by Crippen LogP contribution is 2.41. The van der Waals surface area contributed by atoms with E-state index in [1.165, 1.54) is 0 Å². The van der Waals surface area contributed by atoms with Crippen LogP contribution in [0.15, 0.2) is 10.1 Å². The van der Waals surface area contributed by atoms with Crippen LogP contribution < -0.4 is 0 Å². The Kier molecular flexibility index (Phi) is 3.16. The molecule has 0 saturated heterocycles. The van der Waals surface area contributed by atoms with Gasteiger partial charge < -0.3 is 0 Å². The second-order valence-electron chi connectivity index (χ2n) is 3.03. The average molecular weight is 257 g/mol. The summed E-state index contributed by atoms with van der Waals surface area (Å²) in [4.78, 5) is 10.4. The molecule has 0 aromatic carbocycles. The number of rotatable bonds is 1. The molecule has 1 nitrogen and oxygen atoms in total. The highest BCUT2D eigenvalue weighted by Gasteiger charge is 2.41. The van der Waals surface area contributed by atoms with Gasteiger partial charge in [0.25, 0.3) is 0 Å². The molecule has 0 aromatic heterocycles. The van der Waals surface area contributed by atoms with Crippen LogP contribution in [0.3, 0.4) is 0 Å². The van der Waals surface area contributed by atoms with Crippen LogP contribution in [0.1, 0.15) is 19.3 Å². The van der Waals surface area contributed by atoms with Crippen molar-refractivity contribution in [1.82, 2.24) is 0 Å². The molecule has 0 amide bonds. The Morgan fingerprint density at radius 3 is 2.46 bits per heavy atom. The highest BCUT2D eigenvalue weighted by atomic mass is 79.9. The molecule has 1 atom stereocenters. The van der Waals surface area contributed by atoms with Gasteiger partial charge >= 0.3 is 6.18 Å². The van der Waals surface area contributed by atoms with E-state index in [9.17, 15) is 18.0 Å².